The van der Waals surface area contributed by atoms with E-state index in [9.17, 15) is 0 Å². The van der Waals surface area contributed by atoms with Gasteiger partial charge in [-0.15, -0.1) is 0 Å². The second kappa shape index (κ2) is 5.39. The average Bonchev–Trinajstić information content (AvgIpc) is 2.50. The van der Waals surface area contributed by atoms with E-state index >= 15 is 0 Å². The van der Waals surface area contributed by atoms with Crippen LogP contribution in [-0.4, -0.2) is 10.7 Å². The predicted molar refractivity (Wildman–Crippen MR) is 84.1 cm³/mol. The van der Waals surface area contributed by atoms with Crippen molar-refractivity contribution < 1.29 is 5.11 Å². The lowest BCUT2D eigenvalue weighted by molar-refractivity contribution is -0.0338. The van der Waals surface area contributed by atoms with E-state index in [1.165, 1.54) is 25.7 Å². The molecule has 19 heavy (non-hydrogen) atoms. The molecule has 114 valence electrons. The molecule has 0 aliphatic heterocycles. The molecule has 0 aromatic rings. The van der Waals surface area contributed by atoms with Crippen molar-refractivity contribution in [1.29, 1.82) is 0 Å². The third kappa shape index (κ3) is 3.74. The minimum absolute atomic E-state index is 0.500. The first-order valence-electron chi connectivity index (χ1n) is 8.11. The molecule has 0 amide bonds. The summed E-state index contributed by atoms with van der Waals surface area (Å²) in [6.07, 6.45) is 5.88. The molecule has 2 aliphatic carbocycles. The van der Waals surface area contributed by atoms with E-state index in [4.69, 9.17) is 5.11 Å². The van der Waals surface area contributed by atoms with Gasteiger partial charge in [-0.2, -0.15) is 0 Å². The molecule has 4 atom stereocenters. The molecule has 0 aromatic carbocycles. The van der Waals surface area contributed by atoms with Gasteiger partial charge in [0.2, 0.25) is 0 Å². The maximum atomic E-state index is 8.52. The summed E-state index contributed by atoms with van der Waals surface area (Å²) in [6, 6.07) is 0. The fourth-order valence-electron chi connectivity index (χ4n) is 4.31. The summed E-state index contributed by atoms with van der Waals surface area (Å²) in [5, 5.41) is 8.52. The monoisotopic (exact) mass is 268 g/mol. The topological polar surface area (TPSA) is 20.2 Å². The zero-order chi connectivity index (χ0) is 15.1. The van der Waals surface area contributed by atoms with Gasteiger partial charge in [0.05, 0.1) is 5.60 Å². The van der Waals surface area contributed by atoms with Crippen LogP contribution in [0.1, 0.15) is 81.1 Å². The Hall–Kier alpha value is -0.0400. The van der Waals surface area contributed by atoms with Crippen LogP contribution in [0.5, 0.6) is 0 Å². The summed E-state index contributed by atoms with van der Waals surface area (Å²) in [6.45, 7) is 17.8. The molecule has 1 N–H and O–H groups in total. The Kier molecular flexibility index (Phi) is 4.83. The van der Waals surface area contributed by atoms with E-state index in [0.717, 1.165) is 17.8 Å². The first kappa shape index (κ1) is 17.0. The van der Waals surface area contributed by atoms with Gasteiger partial charge in [-0.05, 0) is 75.0 Å². The van der Waals surface area contributed by atoms with Crippen LogP contribution in [0.15, 0.2) is 0 Å². The maximum Gasteiger partial charge on any atom is 0.0563 e. The normalized spacial score (nSPS) is 41.2. The van der Waals surface area contributed by atoms with Crippen molar-refractivity contribution in [2.45, 2.75) is 86.7 Å². The average molecular weight is 268 g/mol. The molecule has 1 heteroatoms. The molecule has 1 nitrogen and oxygen atoms in total. The molecule has 0 bridgehead atoms. The highest BCUT2D eigenvalue weighted by Gasteiger charge is 2.54. The Morgan fingerprint density at radius 2 is 1.37 bits per heavy atom. The largest absolute Gasteiger partial charge is 0.391 e. The molecule has 2 aliphatic rings. The number of fused-ring (bicyclic) bond motifs is 1. The summed E-state index contributed by atoms with van der Waals surface area (Å²) >= 11 is 0. The van der Waals surface area contributed by atoms with Crippen LogP contribution in [-0.2, 0) is 0 Å². The standard InChI is InChI=1S/C14H26.C4H10O/c1-10-8-9-14(5)11(2)6-7-12(14)13(10,3)4;1-4(2,3)5/h10-12H,6-9H2,1-5H3;5H,1-3H3/t10?,11?,12?,14-;/m1./s1. The van der Waals surface area contributed by atoms with E-state index in [2.05, 4.69) is 34.6 Å². The molecule has 0 radical (unpaired) electrons. The lowest BCUT2D eigenvalue weighted by Gasteiger charge is -2.52. The zero-order valence-corrected chi connectivity index (χ0v) is 14.5. The quantitative estimate of drug-likeness (QED) is 0.634. The molecule has 2 fully saturated rings. The van der Waals surface area contributed by atoms with Crippen LogP contribution >= 0.6 is 0 Å². The Bertz CT molecular complexity index is 293. The van der Waals surface area contributed by atoms with Crippen LogP contribution in [0.4, 0.5) is 0 Å². The number of rotatable bonds is 0. The predicted octanol–water partition coefficient (Wildman–Crippen LogP) is 5.27. The van der Waals surface area contributed by atoms with Crippen molar-refractivity contribution in [3.8, 4) is 0 Å². The van der Waals surface area contributed by atoms with Crippen molar-refractivity contribution in [2.24, 2.45) is 28.6 Å². The molecule has 0 aromatic heterocycles. The summed E-state index contributed by atoms with van der Waals surface area (Å²) in [5.41, 5.74) is 0.744. The Morgan fingerprint density at radius 3 is 1.84 bits per heavy atom. The van der Waals surface area contributed by atoms with Gasteiger partial charge in [0.25, 0.3) is 0 Å². The lowest BCUT2D eigenvalue weighted by Crippen LogP contribution is -2.45. The van der Waals surface area contributed by atoms with E-state index in [0.29, 0.717) is 10.8 Å². The van der Waals surface area contributed by atoms with Crippen molar-refractivity contribution in [1.82, 2.24) is 0 Å². The molecular formula is C18H36O. The maximum absolute atomic E-state index is 8.52. The van der Waals surface area contributed by atoms with Crippen LogP contribution < -0.4 is 0 Å². The van der Waals surface area contributed by atoms with Gasteiger partial charge < -0.3 is 5.11 Å². The van der Waals surface area contributed by atoms with Gasteiger partial charge in [0, 0.05) is 0 Å². The van der Waals surface area contributed by atoms with Gasteiger partial charge >= 0.3 is 0 Å². The van der Waals surface area contributed by atoms with E-state index in [1.807, 2.05) is 0 Å². The number of aliphatic hydroxyl groups is 1. The van der Waals surface area contributed by atoms with Crippen LogP contribution in [0.25, 0.3) is 0 Å². The van der Waals surface area contributed by atoms with Gasteiger partial charge in [-0.3, -0.25) is 0 Å². The van der Waals surface area contributed by atoms with E-state index in [-0.39, 0.29) is 0 Å². The lowest BCUT2D eigenvalue weighted by atomic mass is 9.53. The molecule has 2 saturated carbocycles. The van der Waals surface area contributed by atoms with Crippen LogP contribution in [0, 0.1) is 28.6 Å². The Labute approximate surface area is 121 Å². The summed E-state index contributed by atoms with van der Waals surface area (Å²) < 4.78 is 0. The minimum atomic E-state index is -0.500. The number of hydrogen-bond acceptors (Lipinski definition) is 1. The summed E-state index contributed by atoms with van der Waals surface area (Å²) in [5.74, 6) is 2.86. The van der Waals surface area contributed by atoms with Crippen molar-refractivity contribution in [3.05, 3.63) is 0 Å². The molecular weight excluding hydrogens is 232 g/mol. The highest BCUT2D eigenvalue weighted by Crippen LogP contribution is 2.63. The van der Waals surface area contributed by atoms with Gasteiger partial charge in [-0.1, -0.05) is 34.6 Å². The van der Waals surface area contributed by atoms with Gasteiger partial charge in [0.1, 0.15) is 0 Å². The highest BCUT2D eigenvalue weighted by molar-refractivity contribution is 5.03. The second-order valence-electron chi connectivity index (χ2n) is 8.97. The van der Waals surface area contributed by atoms with Crippen molar-refractivity contribution >= 4 is 0 Å². The third-order valence-electron chi connectivity index (χ3n) is 6.09. The molecule has 3 unspecified atom stereocenters. The molecule has 0 spiro atoms. The Balaban J connectivity index is 0.000000312. The third-order valence-corrected chi connectivity index (χ3v) is 6.09. The Morgan fingerprint density at radius 1 is 0.895 bits per heavy atom. The van der Waals surface area contributed by atoms with E-state index in [1.54, 1.807) is 20.8 Å². The van der Waals surface area contributed by atoms with E-state index < -0.39 is 5.60 Å². The SMILES string of the molecule is CC(C)(C)O.CC1CC[C@]2(C)C(C)CCC2C1(C)C. The number of hydrogen-bond donors (Lipinski definition) is 1. The fraction of sp³-hybridized carbons (Fsp3) is 1.00. The fourth-order valence-corrected chi connectivity index (χ4v) is 4.31. The second-order valence-corrected chi connectivity index (χ2v) is 8.97. The van der Waals surface area contributed by atoms with Crippen LogP contribution in [0.2, 0.25) is 0 Å². The van der Waals surface area contributed by atoms with Gasteiger partial charge in [0.15, 0.2) is 0 Å². The first-order valence-corrected chi connectivity index (χ1v) is 8.11. The highest BCUT2D eigenvalue weighted by atomic mass is 16.3. The zero-order valence-electron chi connectivity index (χ0n) is 14.5. The first-order chi connectivity index (χ1) is 8.39. The summed E-state index contributed by atoms with van der Waals surface area (Å²) in [4.78, 5) is 0. The molecule has 0 heterocycles. The minimum Gasteiger partial charge on any atom is -0.391 e. The summed E-state index contributed by atoms with van der Waals surface area (Å²) in [7, 11) is 0. The molecule has 0 saturated heterocycles. The van der Waals surface area contributed by atoms with Crippen molar-refractivity contribution in [3.63, 3.8) is 0 Å². The van der Waals surface area contributed by atoms with Crippen molar-refractivity contribution in [2.75, 3.05) is 0 Å². The molecule has 2 rings (SSSR count). The van der Waals surface area contributed by atoms with Crippen LogP contribution in [0.3, 0.4) is 0 Å². The smallest absolute Gasteiger partial charge is 0.0563 e. The van der Waals surface area contributed by atoms with Gasteiger partial charge in [-0.25, -0.2) is 0 Å².